The highest BCUT2D eigenvalue weighted by Crippen LogP contribution is 2.00. The van der Waals surface area contributed by atoms with Gasteiger partial charge in [0.25, 0.3) is 0 Å². The predicted molar refractivity (Wildman–Crippen MR) is 41.3 cm³/mol. The minimum atomic E-state index is 0.00634. The smallest absolute Gasteiger partial charge is 0.192 e. The van der Waals surface area contributed by atoms with E-state index in [-0.39, 0.29) is 5.43 Å². The molecule has 0 bridgehead atoms. The highest BCUT2D eigenvalue weighted by atomic mass is 16.1. The van der Waals surface area contributed by atoms with E-state index in [9.17, 15) is 4.79 Å². The Hall–Kier alpha value is -1.58. The molecular formula is C7H7N3O. The second-order valence-electron chi connectivity index (χ2n) is 2.41. The molecule has 0 saturated heterocycles. The second kappa shape index (κ2) is 1.95. The Morgan fingerprint density at radius 2 is 2.45 bits per heavy atom. The molecule has 0 aliphatic carbocycles. The van der Waals surface area contributed by atoms with Crippen LogP contribution in [-0.4, -0.2) is 14.8 Å². The molecule has 0 radical (unpaired) electrons. The fraction of sp³-hybridized carbons (Fsp3) is 0.143. The van der Waals surface area contributed by atoms with Gasteiger partial charge in [0.15, 0.2) is 11.1 Å². The van der Waals surface area contributed by atoms with Crippen molar-refractivity contribution < 1.29 is 0 Å². The number of pyridine rings is 1. The largest absolute Gasteiger partial charge is 0.344 e. The molecule has 0 unspecified atom stereocenters. The van der Waals surface area contributed by atoms with Gasteiger partial charge in [-0.05, 0) is 0 Å². The van der Waals surface area contributed by atoms with E-state index in [1.807, 2.05) is 0 Å². The first-order valence-corrected chi connectivity index (χ1v) is 3.28. The van der Waals surface area contributed by atoms with Crippen molar-refractivity contribution in [1.29, 1.82) is 0 Å². The van der Waals surface area contributed by atoms with E-state index in [1.165, 1.54) is 6.07 Å². The first-order chi connectivity index (χ1) is 5.27. The Kier molecular flexibility index (Phi) is 1.09. The van der Waals surface area contributed by atoms with E-state index >= 15 is 0 Å². The molecule has 56 valence electrons. The Bertz CT molecular complexity index is 440. The zero-order valence-corrected chi connectivity index (χ0v) is 6.03. The van der Waals surface area contributed by atoms with Crippen LogP contribution in [0.1, 0.15) is 0 Å². The molecule has 0 aliphatic rings. The van der Waals surface area contributed by atoms with Gasteiger partial charge in [-0.2, -0.15) is 5.10 Å². The number of H-pyrrole nitrogens is 1. The molecule has 4 nitrogen and oxygen atoms in total. The third-order valence-corrected chi connectivity index (χ3v) is 1.55. The van der Waals surface area contributed by atoms with E-state index < -0.39 is 0 Å². The molecule has 2 heterocycles. The van der Waals surface area contributed by atoms with Crippen LogP contribution in [0, 0.1) is 0 Å². The number of rotatable bonds is 0. The van der Waals surface area contributed by atoms with Crippen LogP contribution < -0.4 is 5.43 Å². The van der Waals surface area contributed by atoms with Gasteiger partial charge in [-0.1, -0.05) is 0 Å². The fourth-order valence-electron chi connectivity index (χ4n) is 1.06. The quantitative estimate of drug-likeness (QED) is 0.584. The second-order valence-corrected chi connectivity index (χ2v) is 2.41. The number of aromatic amines is 1. The molecule has 0 fully saturated rings. The molecule has 0 amide bonds. The van der Waals surface area contributed by atoms with Gasteiger partial charge in [0.2, 0.25) is 0 Å². The Morgan fingerprint density at radius 1 is 1.64 bits per heavy atom. The zero-order valence-electron chi connectivity index (χ0n) is 6.03. The van der Waals surface area contributed by atoms with E-state index in [2.05, 4.69) is 10.1 Å². The fourth-order valence-corrected chi connectivity index (χ4v) is 1.06. The van der Waals surface area contributed by atoms with Gasteiger partial charge >= 0.3 is 0 Å². The lowest BCUT2D eigenvalue weighted by atomic mass is 10.3. The highest BCUT2D eigenvalue weighted by molar-refractivity contribution is 5.72. The molecule has 2 aromatic rings. The summed E-state index contributed by atoms with van der Waals surface area (Å²) in [6.07, 6.45) is 3.30. The zero-order chi connectivity index (χ0) is 7.84. The van der Waals surface area contributed by atoms with Gasteiger partial charge in [0.1, 0.15) is 0 Å². The van der Waals surface area contributed by atoms with Crippen LogP contribution in [0.5, 0.6) is 0 Å². The molecule has 2 rings (SSSR count). The lowest BCUT2D eigenvalue weighted by Gasteiger charge is -1.82. The molecule has 0 saturated carbocycles. The Labute approximate surface area is 62.5 Å². The monoisotopic (exact) mass is 149 g/mol. The van der Waals surface area contributed by atoms with Gasteiger partial charge in [-0.3, -0.25) is 9.48 Å². The van der Waals surface area contributed by atoms with Gasteiger partial charge in [0.05, 0.1) is 5.39 Å². The van der Waals surface area contributed by atoms with Gasteiger partial charge < -0.3 is 4.98 Å². The lowest BCUT2D eigenvalue weighted by molar-refractivity contribution is 0.776. The average molecular weight is 149 g/mol. The summed E-state index contributed by atoms with van der Waals surface area (Å²) in [5, 5.41) is 4.67. The molecule has 0 atom stereocenters. The number of fused-ring (bicyclic) bond motifs is 1. The molecule has 1 N–H and O–H groups in total. The lowest BCUT2D eigenvalue weighted by Crippen LogP contribution is -1.97. The summed E-state index contributed by atoms with van der Waals surface area (Å²) >= 11 is 0. The maximum atomic E-state index is 11.1. The molecule has 2 aromatic heterocycles. The maximum absolute atomic E-state index is 11.1. The van der Waals surface area contributed by atoms with E-state index in [1.54, 1.807) is 24.1 Å². The van der Waals surface area contributed by atoms with Crippen LogP contribution in [0.4, 0.5) is 0 Å². The first-order valence-electron chi connectivity index (χ1n) is 3.28. The van der Waals surface area contributed by atoms with Gasteiger partial charge in [0, 0.05) is 25.5 Å². The summed E-state index contributed by atoms with van der Waals surface area (Å²) in [5.41, 5.74) is 0.645. The standard InChI is InChI=1S/C7H7N3O/c1-10-4-5-6(11)2-3-8-7(5)9-10/h2-4H,1H3,(H,8,9). The van der Waals surface area contributed by atoms with Crippen molar-refractivity contribution in [3.05, 3.63) is 28.7 Å². The SMILES string of the molecule is Cn1cc2c(=O)cc[nH]c2n1. The van der Waals surface area contributed by atoms with Crippen molar-refractivity contribution >= 4 is 11.0 Å². The number of nitrogens with one attached hydrogen (secondary N) is 1. The summed E-state index contributed by atoms with van der Waals surface area (Å²) in [6, 6.07) is 1.49. The van der Waals surface area contributed by atoms with Crippen molar-refractivity contribution in [2.24, 2.45) is 7.05 Å². The first kappa shape index (κ1) is 6.15. The number of aromatic nitrogens is 3. The maximum Gasteiger partial charge on any atom is 0.192 e. The minimum absolute atomic E-state index is 0.00634. The van der Waals surface area contributed by atoms with Crippen LogP contribution in [0.15, 0.2) is 23.3 Å². The number of nitrogens with zero attached hydrogens (tertiary/aromatic N) is 2. The molecule has 0 spiro atoms. The number of hydrogen-bond donors (Lipinski definition) is 1. The van der Waals surface area contributed by atoms with Gasteiger partial charge in [-0.15, -0.1) is 0 Å². The van der Waals surface area contributed by atoms with E-state index in [4.69, 9.17) is 0 Å². The average Bonchev–Trinajstić information content (AvgIpc) is 2.31. The molecule has 11 heavy (non-hydrogen) atoms. The summed E-state index contributed by atoms with van der Waals surface area (Å²) < 4.78 is 1.61. The normalized spacial score (nSPS) is 10.6. The van der Waals surface area contributed by atoms with Crippen molar-refractivity contribution in [2.45, 2.75) is 0 Å². The summed E-state index contributed by atoms with van der Waals surface area (Å²) in [7, 11) is 1.78. The Morgan fingerprint density at radius 3 is 3.18 bits per heavy atom. The predicted octanol–water partition coefficient (Wildman–Crippen LogP) is 0.262. The van der Waals surface area contributed by atoms with Crippen molar-refractivity contribution in [2.75, 3.05) is 0 Å². The summed E-state index contributed by atoms with van der Waals surface area (Å²) in [5.74, 6) is 0. The van der Waals surface area contributed by atoms with Crippen LogP contribution in [0.25, 0.3) is 11.0 Å². The molecule has 0 aliphatic heterocycles. The third-order valence-electron chi connectivity index (χ3n) is 1.55. The molecular weight excluding hydrogens is 142 g/mol. The van der Waals surface area contributed by atoms with Crippen molar-refractivity contribution in [3.63, 3.8) is 0 Å². The third kappa shape index (κ3) is 0.832. The number of aryl methyl sites for hydroxylation is 1. The van der Waals surface area contributed by atoms with Crippen LogP contribution in [0.2, 0.25) is 0 Å². The van der Waals surface area contributed by atoms with Gasteiger partial charge in [-0.25, -0.2) is 0 Å². The summed E-state index contributed by atoms with van der Waals surface area (Å²) in [6.45, 7) is 0. The van der Waals surface area contributed by atoms with Crippen molar-refractivity contribution in [3.8, 4) is 0 Å². The minimum Gasteiger partial charge on any atom is -0.344 e. The van der Waals surface area contributed by atoms with Crippen molar-refractivity contribution in [1.82, 2.24) is 14.8 Å². The molecule has 4 heteroatoms. The summed E-state index contributed by atoms with van der Waals surface area (Å²) in [4.78, 5) is 14.0. The highest BCUT2D eigenvalue weighted by Gasteiger charge is 1.99. The Balaban J connectivity index is 3.02. The van der Waals surface area contributed by atoms with Crippen LogP contribution in [-0.2, 0) is 7.05 Å². The van der Waals surface area contributed by atoms with Crippen LogP contribution in [0.3, 0.4) is 0 Å². The van der Waals surface area contributed by atoms with E-state index in [0.717, 1.165) is 0 Å². The topological polar surface area (TPSA) is 50.7 Å². The van der Waals surface area contributed by atoms with Crippen LogP contribution >= 0.6 is 0 Å². The number of hydrogen-bond acceptors (Lipinski definition) is 2. The van der Waals surface area contributed by atoms with E-state index in [0.29, 0.717) is 11.0 Å². The molecule has 0 aromatic carbocycles.